The molecule has 0 saturated carbocycles. The average molecular weight is 323 g/mol. The minimum atomic E-state index is -0.517. The van der Waals surface area contributed by atoms with E-state index in [4.69, 9.17) is 9.47 Å². The number of thiophene rings is 1. The Morgan fingerprint density at radius 3 is 2.95 bits per heavy atom. The Morgan fingerprint density at radius 1 is 1.32 bits per heavy atom. The van der Waals surface area contributed by atoms with Gasteiger partial charge in [0.25, 0.3) is 5.56 Å². The number of aromatic nitrogens is 3. The number of rotatable bonds is 5. The number of hydrogen-bond acceptors (Lipinski definition) is 7. The summed E-state index contributed by atoms with van der Waals surface area (Å²) < 4.78 is 10.8. The number of fused-ring (bicyclic) bond motifs is 3. The minimum absolute atomic E-state index is 0.160. The summed E-state index contributed by atoms with van der Waals surface area (Å²) in [7, 11) is 1.53. The SMILES string of the molecule is COCCOC(=O)Cn1nnc2sc3c(c2c1=O)CCCC3. The van der Waals surface area contributed by atoms with Crippen LogP contribution in [0.4, 0.5) is 0 Å². The van der Waals surface area contributed by atoms with Gasteiger partial charge < -0.3 is 9.47 Å². The van der Waals surface area contributed by atoms with Crippen LogP contribution in [0.25, 0.3) is 10.2 Å². The van der Waals surface area contributed by atoms with Gasteiger partial charge in [0.1, 0.15) is 13.2 Å². The highest BCUT2D eigenvalue weighted by molar-refractivity contribution is 7.18. The molecule has 0 atom stereocenters. The molecule has 2 aromatic heterocycles. The summed E-state index contributed by atoms with van der Waals surface area (Å²) in [5, 5.41) is 8.57. The van der Waals surface area contributed by atoms with Crippen molar-refractivity contribution in [1.82, 2.24) is 15.0 Å². The third-order valence-corrected chi connectivity index (χ3v) is 4.85. The number of carbonyl (C=O) groups is 1. The van der Waals surface area contributed by atoms with E-state index >= 15 is 0 Å². The van der Waals surface area contributed by atoms with E-state index in [-0.39, 0.29) is 18.7 Å². The molecular weight excluding hydrogens is 306 g/mol. The molecule has 22 heavy (non-hydrogen) atoms. The second-order valence-electron chi connectivity index (χ2n) is 5.16. The van der Waals surface area contributed by atoms with Crippen molar-refractivity contribution in [2.75, 3.05) is 20.3 Å². The molecule has 1 aliphatic carbocycles. The largest absolute Gasteiger partial charge is 0.462 e. The van der Waals surface area contributed by atoms with Crippen LogP contribution in [0.5, 0.6) is 0 Å². The molecule has 2 heterocycles. The van der Waals surface area contributed by atoms with Crippen LogP contribution in [0.3, 0.4) is 0 Å². The molecule has 0 aromatic carbocycles. The molecule has 2 aromatic rings. The fraction of sp³-hybridized carbons (Fsp3) is 0.571. The summed E-state index contributed by atoms with van der Waals surface area (Å²) in [5.74, 6) is -0.517. The first-order valence-electron chi connectivity index (χ1n) is 7.23. The number of carbonyl (C=O) groups excluding carboxylic acids is 1. The molecule has 7 nitrogen and oxygen atoms in total. The normalized spacial score (nSPS) is 14.0. The molecule has 0 fully saturated rings. The van der Waals surface area contributed by atoms with Crippen molar-refractivity contribution in [2.24, 2.45) is 0 Å². The Morgan fingerprint density at radius 2 is 2.14 bits per heavy atom. The van der Waals surface area contributed by atoms with Crippen molar-refractivity contribution >= 4 is 27.5 Å². The number of methoxy groups -OCH3 is 1. The Balaban J connectivity index is 1.87. The van der Waals surface area contributed by atoms with Gasteiger partial charge in [-0.3, -0.25) is 9.59 Å². The highest BCUT2D eigenvalue weighted by atomic mass is 32.1. The zero-order valence-electron chi connectivity index (χ0n) is 12.3. The molecular formula is C14H17N3O4S. The number of esters is 1. The first-order valence-corrected chi connectivity index (χ1v) is 8.05. The van der Waals surface area contributed by atoms with Gasteiger partial charge in [0, 0.05) is 12.0 Å². The molecule has 0 saturated heterocycles. The molecule has 8 heteroatoms. The fourth-order valence-corrected chi connectivity index (χ4v) is 3.81. The van der Waals surface area contributed by atoms with Gasteiger partial charge in [-0.2, -0.15) is 4.68 Å². The smallest absolute Gasteiger partial charge is 0.328 e. The van der Waals surface area contributed by atoms with Gasteiger partial charge in [-0.25, -0.2) is 0 Å². The van der Waals surface area contributed by atoms with Crippen molar-refractivity contribution in [3.63, 3.8) is 0 Å². The Bertz CT molecular complexity index is 752. The first-order chi connectivity index (χ1) is 10.7. The lowest BCUT2D eigenvalue weighted by Gasteiger charge is -2.10. The van der Waals surface area contributed by atoms with Crippen LogP contribution in [-0.4, -0.2) is 41.3 Å². The average Bonchev–Trinajstić information content (AvgIpc) is 2.89. The van der Waals surface area contributed by atoms with Gasteiger partial charge in [-0.05, 0) is 31.2 Å². The number of aryl methyl sites for hydroxylation is 2. The Kier molecular flexibility index (Phi) is 4.49. The molecule has 0 amide bonds. The lowest BCUT2D eigenvalue weighted by Crippen LogP contribution is -2.29. The summed E-state index contributed by atoms with van der Waals surface area (Å²) in [6.07, 6.45) is 4.12. The molecule has 0 unspecified atom stereocenters. The van der Waals surface area contributed by atoms with Crippen LogP contribution >= 0.6 is 11.3 Å². The van der Waals surface area contributed by atoms with Gasteiger partial charge in [-0.15, -0.1) is 16.4 Å². The summed E-state index contributed by atoms with van der Waals surface area (Å²) in [6, 6.07) is 0. The van der Waals surface area contributed by atoms with Crippen LogP contribution in [0, 0.1) is 0 Å². The maximum atomic E-state index is 12.6. The molecule has 0 N–H and O–H groups in total. The van der Waals surface area contributed by atoms with Crippen LogP contribution < -0.4 is 5.56 Å². The third-order valence-electron chi connectivity index (χ3n) is 3.67. The second-order valence-corrected chi connectivity index (χ2v) is 6.24. The standard InChI is InChI=1S/C14H17N3O4S/c1-20-6-7-21-11(18)8-17-14(19)12-9-4-2-3-5-10(9)22-13(12)15-16-17/h2-8H2,1H3. The van der Waals surface area contributed by atoms with E-state index in [0.717, 1.165) is 35.9 Å². The quantitative estimate of drug-likeness (QED) is 0.601. The maximum Gasteiger partial charge on any atom is 0.328 e. The van der Waals surface area contributed by atoms with Crippen molar-refractivity contribution in [3.05, 3.63) is 20.8 Å². The predicted molar refractivity (Wildman–Crippen MR) is 81.2 cm³/mol. The minimum Gasteiger partial charge on any atom is -0.462 e. The fourth-order valence-electron chi connectivity index (χ4n) is 2.62. The molecule has 0 spiro atoms. The molecule has 1 aliphatic rings. The Hall–Kier alpha value is -1.80. The first kappa shape index (κ1) is 15.1. The van der Waals surface area contributed by atoms with Crippen molar-refractivity contribution < 1.29 is 14.3 Å². The molecule has 0 radical (unpaired) electrons. The van der Waals surface area contributed by atoms with E-state index in [1.165, 1.54) is 23.3 Å². The van der Waals surface area contributed by atoms with E-state index in [1.54, 1.807) is 0 Å². The predicted octanol–water partition coefficient (Wildman–Crippen LogP) is 0.921. The summed E-state index contributed by atoms with van der Waals surface area (Å²) in [4.78, 5) is 26.2. The van der Waals surface area contributed by atoms with E-state index < -0.39 is 5.97 Å². The van der Waals surface area contributed by atoms with Gasteiger partial charge in [0.05, 0.1) is 12.0 Å². The molecule has 0 bridgehead atoms. The number of hydrogen-bond donors (Lipinski definition) is 0. The monoisotopic (exact) mass is 323 g/mol. The van der Waals surface area contributed by atoms with Gasteiger partial charge in [-0.1, -0.05) is 5.21 Å². The second kappa shape index (κ2) is 6.53. The number of ether oxygens (including phenoxy) is 2. The van der Waals surface area contributed by atoms with Crippen LogP contribution in [0.1, 0.15) is 23.3 Å². The number of nitrogens with zero attached hydrogens (tertiary/aromatic N) is 3. The summed E-state index contributed by atoms with van der Waals surface area (Å²) >= 11 is 1.54. The zero-order valence-corrected chi connectivity index (χ0v) is 13.1. The summed E-state index contributed by atoms with van der Waals surface area (Å²) in [5.41, 5.74) is 0.834. The highest BCUT2D eigenvalue weighted by Gasteiger charge is 2.21. The Labute approximate surface area is 130 Å². The molecule has 0 aliphatic heterocycles. The van der Waals surface area contributed by atoms with E-state index in [1.807, 2.05) is 0 Å². The van der Waals surface area contributed by atoms with Crippen molar-refractivity contribution in [3.8, 4) is 0 Å². The topological polar surface area (TPSA) is 83.3 Å². The van der Waals surface area contributed by atoms with E-state index in [2.05, 4.69) is 10.3 Å². The lowest BCUT2D eigenvalue weighted by molar-refractivity contribution is -0.145. The van der Waals surface area contributed by atoms with Crippen molar-refractivity contribution in [2.45, 2.75) is 32.2 Å². The molecule has 118 valence electrons. The van der Waals surface area contributed by atoms with Gasteiger partial charge in [0.15, 0.2) is 4.83 Å². The van der Waals surface area contributed by atoms with Gasteiger partial charge >= 0.3 is 5.97 Å². The van der Waals surface area contributed by atoms with E-state index in [9.17, 15) is 9.59 Å². The van der Waals surface area contributed by atoms with Crippen LogP contribution in [0.15, 0.2) is 4.79 Å². The third kappa shape index (κ3) is 2.89. The molecule has 3 rings (SSSR count). The lowest BCUT2D eigenvalue weighted by atomic mass is 9.97. The van der Waals surface area contributed by atoms with Crippen molar-refractivity contribution in [1.29, 1.82) is 0 Å². The van der Waals surface area contributed by atoms with E-state index in [0.29, 0.717) is 16.8 Å². The summed E-state index contributed by atoms with van der Waals surface area (Å²) in [6.45, 7) is 0.257. The van der Waals surface area contributed by atoms with Crippen LogP contribution in [-0.2, 0) is 33.7 Å². The van der Waals surface area contributed by atoms with Crippen LogP contribution in [0.2, 0.25) is 0 Å². The maximum absolute atomic E-state index is 12.6. The highest BCUT2D eigenvalue weighted by Crippen LogP contribution is 2.32. The van der Waals surface area contributed by atoms with Gasteiger partial charge in [0.2, 0.25) is 0 Å². The zero-order chi connectivity index (χ0) is 15.5.